The molecule has 0 aromatic heterocycles. The molecule has 0 aliphatic carbocycles. The predicted molar refractivity (Wildman–Crippen MR) is 88.5 cm³/mol. The van der Waals surface area contributed by atoms with Gasteiger partial charge in [0.15, 0.2) is 0 Å². The molecule has 1 aromatic rings. The van der Waals surface area contributed by atoms with Crippen LogP contribution in [0.25, 0.3) is 0 Å². The van der Waals surface area contributed by atoms with Crippen LogP contribution in [0.1, 0.15) is 46.1 Å². The molecule has 0 unspecified atom stereocenters. The van der Waals surface area contributed by atoms with Crippen LogP contribution in [0.15, 0.2) is 60.5 Å². The Labute approximate surface area is 127 Å². The number of hydrogen-bond donors (Lipinski definition) is 0. The molecule has 0 spiro atoms. The first kappa shape index (κ1) is 19.3. The molecule has 1 aromatic carbocycles. The smallest absolute Gasteiger partial charge is 0.123 e. The van der Waals surface area contributed by atoms with Gasteiger partial charge in [0.25, 0.3) is 0 Å². The summed E-state index contributed by atoms with van der Waals surface area (Å²) in [4.78, 5) is 0. The summed E-state index contributed by atoms with van der Waals surface area (Å²) < 4.78 is 24.6. The first-order valence-corrected chi connectivity index (χ1v) is 7.12. The maximum absolute atomic E-state index is 12.4. The normalized spacial score (nSPS) is 11.2. The Balaban J connectivity index is 0.000000382. The van der Waals surface area contributed by atoms with Crippen molar-refractivity contribution in [3.8, 4) is 0 Å². The molecule has 1 rings (SSSR count). The Morgan fingerprint density at radius 2 is 1.52 bits per heavy atom. The molecule has 0 atom stereocenters. The minimum absolute atomic E-state index is 0.163. The van der Waals surface area contributed by atoms with Gasteiger partial charge in [-0.3, -0.25) is 0 Å². The average Bonchev–Trinajstić information content (AvgIpc) is 2.38. The maximum Gasteiger partial charge on any atom is 0.123 e. The molecule has 21 heavy (non-hydrogen) atoms. The lowest BCUT2D eigenvalue weighted by molar-refractivity contribution is 0.626. The van der Waals surface area contributed by atoms with E-state index < -0.39 is 5.83 Å². The van der Waals surface area contributed by atoms with Gasteiger partial charge in [-0.1, -0.05) is 53.0 Å². The second-order valence-electron chi connectivity index (χ2n) is 5.66. The van der Waals surface area contributed by atoms with Gasteiger partial charge >= 0.3 is 0 Å². The van der Waals surface area contributed by atoms with Crippen LogP contribution in [-0.2, 0) is 0 Å². The number of halogens is 2. The van der Waals surface area contributed by atoms with E-state index in [0.717, 1.165) is 11.1 Å². The second kappa shape index (κ2) is 9.28. The standard InChI is InChI=1S/C10H15F.C9H11F/c1-7(2)10(5)8(3)6-9(4)11;1-7(2)8-3-5-9(10)6-4-8/h6-7H,4-5H2,1-3H3;3-7H,1-2H3/b8-6-;. The van der Waals surface area contributed by atoms with Crippen molar-refractivity contribution >= 4 is 0 Å². The van der Waals surface area contributed by atoms with Crippen molar-refractivity contribution in [3.05, 3.63) is 71.9 Å². The highest BCUT2D eigenvalue weighted by molar-refractivity contribution is 5.31. The molecule has 0 aliphatic rings. The molecule has 0 bridgehead atoms. The van der Waals surface area contributed by atoms with Gasteiger partial charge in [0.1, 0.15) is 11.6 Å². The van der Waals surface area contributed by atoms with Crippen LogP contribution in [0.5, 0.6) is 0 Å². The van der Waals surface area contributed by atoms with Crippen molar-refractivity contribution in [2.24, 2.45) is 5.92 Å². The van der Waals surface area contributed by atoms with E-state index >= 15 is 0 Å². The summed E-state index contributed by atoms with van der Waals surface area (Å²) in [6.07, 6.45) is 1.41. The summed E-state index contributed by atoms with van der Waals surface area (Å²) in [6.45, 7) is 17.1. The third kappa shape index (κ3) is 8.23. The lowest BCUT2D eigenvalue weighted by Crippen LogP contribution is -1.93. The summed E-state index contributed by atoms with van der Waals surface area (Å²) in [5.74, 6) is 0.278. The summed E-state index contributed by atoms with van der Waals surface area (Å²) in [7, 11) is 0. The molecule has 0 nitrogen and oxygen atoms in total. The zero-order valence-electron chi connectivity index (χ0n) is 13.7. The van der Waals surface area contributed by atoms with Crippen molar-refractivity contribution in [3.63, 3.8) is 0 Å². The van der Waals surface area contributed by atoms with Crippen LogP contribution in [0.3, 0.4) is 0 Å². The lowest BCUT2D eigenvalue weighted by Gasteiger charge is -2.08. The van der Waals surface area contributed by atoms with Gasteiger partial charge in [0.2, 0.25) is 0 Å². The number of allylic oxidation sites excluding steroid dienone is 4. The van der Waals surface area contributed by atoms with Crippen molar-refractivity contribution in [2.45, 2.75) is 40.5 Å². The van der Waals surface area contributed by atoms with Gasteiger partial charge in [-0.2, -0.15) is 0 Å². The molecule has 0 fully saturated rings. The number of hydrogen-bond acceptors (Lipinski definition) is 0. The van der Waals surface area contributed by atoms with E-state index in [2.05, 4.69) is 27.0 Å². The Kier molecular flexibility index (Phi) is 8.52. The van der Waals surface area contributed by atoms with E-state index in [-0.39, 0.29) is 5.82 Å². The molecular formula is C19H26F2. The van der Waals surface area contributed by atoms with Crippen LogP contribution in [-0.4, -0.2) is 0 Å². The predicted octanol–water partition coefficient (Wildman–Crippen LogP) is 6.58. The van der Waals surface area contributed by atoms with Gasteiger partial charge in [0.05, 0.1) is 0 Å². The summed E-state index contributed by atoms with van der Waals surface area (Å²) in [6, 6.07) is 6.63. The Hall–Kier alpha value is -1.70. The summed E-state index contributed by atoms with van der Waals surface area (Å²) >= 11 is 0. The SMILES string of the molecule is C=C(F)/C=C(/C)C(=C)C(C)C.CC(C)c1ccc(F)cc1. The second-order valence-corrected chi connectivity index (χ2v) is 5.66. The first-order valence-electron chi connectivity index (χ1n) is 7.12. The number of benzene rings is 1. The highest BCUT2D eigenvalue weighted by atomic mass is 19.1. The third-order valence-electron chi connectivity index (χ3n) is 3.11. The minimum Gasteiger partial charge on any atom is -0.208 e. The van der Waals surface area contributed by atoms with Gasteiger partial charge < -0.3 is 0 Å². The molecule has 0 N–H and O–H groups in total. The van der Waals surface area contributed by atoms with Crippen molar-refractivity contribution in [1.82, 2.24) is 0 Å². The Morgan fingerprint density at radius 1 is 1.05 bits per heavy atom. The van der Waals surface area contributed by atoms with Crippen molar-refractivity contribution in [1.29, 1.82) is 0 Å². The van der Waals surface area contributed by atoms with Crippen LogP contribution in [0.4, 0.5) is 8.78 Å². The Bertz CT molecular complexity index is 491. The monoisotopic (exact) mass is 292 g/mol. The highest BCUT2D eigenvalue weighted by Gasteiger charge is 2.01. The molecule has 0 saturated heterocycles. The molecule has 0 amide bonds. The van der Waals surface area contributed by atoms with Crippen LogP contribution < -0.4 is 0 Å². The molecule has 2 heteroatoms. The third-order valence-corrected chi connectivity index (χ3v) is 3.11. The zero-order valence-corrected chi connectivity index (χ0v) is 13.7. The summed E-state index contributed by atoms with van der Waals surface area (Å²) in [5, 5.41) is 0. The Morgan fingerprint density at radius 3 is 1.86 bits per heavy atom. The minimum atomic E-state index is -0.413. The molecule has 116 valence electrons. The largest absolute Gasteiger partial charge is 0.208 e. The molecule has 0 radical (unpaired) electrons. The number of rotatable bonds is 4. The fourth-order valence-corrected chi connectivity index (χ4v) is 1.63. The molecule has 0 saturated carbocycles. The van der Waals surface area contributed by atoms with Crippen LogP contribution in [0, 0.1) is 11.7 Å². The molecule has 0 heterocycles. The average molecular weight is 292 g/mol. The van der Waals surface area contributed by atoms with E-state index in [4.69, 9.17) is 0 Å². The van der Waals surface area contributed by atoms with Crippen LogP contribution in [0.2, 0.25) is 0 Å². The van der Waals surface area contributed by atoms with E-state index in [1.165, 1.54) is 23.8 Å². The topological polar surface area (TPSA) is 0 Å². The maximum atomic E-state index is 12.4. The molecular weight excluding hydrogens is 266 g/mol. The van der Waals surface area contributed by atoms with E-state index in [1.807, 2.05) is 32.9 Å². The van der Waals surface area contributed by atoms with E-state index in [0.29, 0.717) is 11.8 Å². The van der Waals surface area contributed by atoms with E-state index in [9.17, 15) is 8.78 Å². The van der Waals surface area contributed by atoms with Gasteiger partial charge in [-0.05, 0) is 53.7 Å². The quantitative estimate of drug-likeness (QED) is 0.550. The zero-order chi connectivity index (χ0) is 16.6. The van der Waals surface area contributed by atoms with Crippen LogP contribution >= 0.6 is 0 Å². The lowest BCUT2D eigenvalue weighted by atomic mass is 9.98. The van der Waals surface area contributed by atoms with Gasteiger partial charge in [-0.15, -0.1) is 0 Å². The molecule has 0 aliphatic heterocycles. The first-order chi connectivity index (χ1) is 9.65. The fraction of sp³-hybridized carbons (Fsp3) is 0.368. The van der Waals surface area contributed by atoms with Crippen molar-refractivity contribution < 1.29 is 8.78 Å². The van der Waals surface area contributed by atoms with Gasteiger partial charge in [-0.25, -0.2) is 8.78 Å². The highest BCUT2D eigenvalue weighted by Crippen LogP contribution is 2.17. The summed E-state index contributed by atoms with van der Waals surface area (Å²) in [5.41, 5.74) is 3.01. The van der Waals surface area contributed by atoms with Crippen molar-refractivity contribution in [2.75, 3.05) is 0 Å². The van der Waals surface area contributed by atoms with E-state index in [1.54, 1.807) is 0 Å². The fourth-order valence-electron chi connectivity index (χ4n) is 1.63. The van der Waals surface area contributed by atoms with Gasteiger partial charge in [0, 0.05) is 0 Å².